The maximum atomic E-state index is 5.65. The van der Waals surface area contributed by atoms with E-state index in [9.17, 15) is 0 Å². The molecule has 0 unspecified atom stereocenters. The highest BCUT2D eigenvalue weighted by Gasteiger charge is 2.16. The highest BCUT2D eigenvalue weighted by atomic mass is 32.2. The average Bonchev–Trinajstić information content (AvgIpc) is 3.40. The smallest absolute Gasteiger partial charge is 0.237 e. The highest BCUT2D eigenvalue weighted by Crippen LogP contribution is 2.29. The van der Waals surface area contributed by atoms with Crippen molar-refractivity contribution >= 4 is 11.8 Å². The van der Waals surface area contributed by atoms with Gasteiger partial charge < -0.3 is 13.8 Å². The first-order chi connectivity index (χ1) is 14.3. The Balaban J connectivity index is 1.51. The summed E-state index contributed by atoms with van der Waals surface area (Å²) in [6.45, 7) is 5.33. The summed E-state index contributed by atoms with van der Waals surface area (Å²) in [5, 5.41) is 13.6. The number of nitrogens with zero attached hydrogens (tertiary/aromatic N) is 6. The Morgan fingerprint density at radius 2 is 1.90 bits per heavy atom. The summed E-state index contributed by atoms with van der Waals surface area (Å²) < 4.78 is 13.1. The molecule has 0 amide bonds. The predicted molar refractivity (Wildman–Crippen MR) is 109 cm³/mol. The maximum absolute atomic E-state index is 5.65. The molecule has 0 saturated heterocycles. The lowest BCUT2D eigenvalue weighted by molar-refractivity contribution is 0.341. The van der Waals surface area contributed by atoms with E-state index < -0.39 is 0 Å². The minimum atomic E-state index is 0.498. The van der Waals surface area contributed by atoms with E-state index in [1.54, 1.807) is 12.4 Å². The number of rotatable bonds is 8. The van der Waals surface area contributed by atoms with Crippen LogP contribution in [0.4, 0.5) is 0 Å². The second kappa shape index (κ2) is 8.87. The van der Waals surface area contributed by atoms with Crippen molar-refractivity contribution in [2.75, 3.05) is 6.61 Å². The number of benzene rings is 1. The third kappa shape index (κ3) is 4.14. The number of ether oxygens (including phenoxy) is 1. The Kier molecular flexibility index (Phi) is 5.85. The molecule has 0 aliphatic rings. The molecular weight excluding hydrogens is 388 g/mol. The number of hydrogen-bond acceptors (Lipinski definition) is 8. The minimum absolute atomic E-state index is 0.498. The third-order valence-corrected chi connectivity index (χ3v) is 5.14. The van der Waals surface area contributed by atoms with Crippen molar-refractivity contribution < 1.29 is 9.26 Å². The quantitative estimate of drug-likeness (QED) is 0.402. The van der Waals surface area contributed by atoms with Crippen LogP contribution in [0.25, 0.3) is 22.8 Å². The molecule has 3 aromatic heterocycles. The van der Waals surface area contributed by atoms with Gasteiger partial charge in [-0.05, 0) is 38.1 Å². The predicted octanol–water partition coefficient (Wildman–Crippen LogP) is 4.10. The first-order valence-electron chi connectivity index (χ1n) is 9.31. The lowest BCUT2D eigenvalue weighted by Crippen LogP contribution is -2.00. The van der Waals surface area contributed by atoms with Crippen LogP contribution in [0.15, 0.2) is 58.5 Å². The Bertz CT molecular complexity index is 1080. The Morgan fingerprint density at radius 1 is 1.07 bits per heavy atom. The lowest BCUT2D eigenvalue weighted by atomic mass is 10.2. The molecule has 9 heteroatoms. The lowest BCUT2D eigenvalue weighted by Gasteiger charge is -2.06. The Hall–Kier alpha value is -3.20. The van der Waals surface area contributed by atoms with Crippen LogP contribution in [-0.4, -0.2) is 36.5 Å². The number of para-hydroxylation sites is 1. The summed E-state index contributed by atoms with van der Waals surface area (Å²) in [4.78, 5) is 8.57. The topological polar surface area (TPSA) is 91.8 Å². The number of pyridine rings is 1. The molecule has 3 heterocycles. The first kappa shape index (κ1) is 19.1. The molecule has 8 nitrogen and oxygen atoms in total. The number of hydrogen-bond donors (Lipinski definition) is 0. The summed E-state index contributed by atoms with van der Waals surface area (Å²) in [6, 6.07) is 11.5. The van der Waals surface area contributed by atoms with Crippen molar-refractivity contribution in [1.82, 2.24) is 29.9 Å². The van der Waals surface area contributed by atoms with Gasteiger partial charge in [-0.3, -0.25) is 4.98 Å². The molecule has 0 radical (unpaired) electrons. The van der Waals surface area contributed by atoms with E-state index in [0.717, 1.165) is 34.4 Å². The zero-order chi connectivity index (χ0) is 20.1. The van der Waals surface area contributed by atoms with Gasteiger partial charge in [0.15, 0.2) is 11.0 Å². The summed E-state index contributed by atoms with van der Waals surface area (Å²) in [5.74, 6) is 3.08. The molecule has 148 valence electrons. The van der Waals surface area contributed by atoms with E-state index >= 15 is 0 Å². The molecule has 4 rings (SSSR count). The van der Waals surface area contributed by atoms with E-state index in [0.29, 0.717) is 24.1 Å². The molecule has 0 spiro atoms. The van der Waals surface area contributed by atoms with Crippen molar-refractivity contribution in [2.45, 2.75) is 31.3 Å². The van der Waals surface area contributed by atoms with Gasteiger partial charge in [0.25, 0.3) is 0 Å². The van der Waals surface area contributed by atoms with Crippen LogP contribution in [0.2, 0.25) is 0 Å². The zero-order valence-electron chi connectivity index (χ0n) is 16.1. The van der Waals surface area contributed by atoms with Gasteiger partial charge in [0, 0.05) is 24.5 Å². The molecule has 1 aromatic carbocycles. The van der Waals surface area contributed by atoms with E-state index in [1.807, 2.05) is 43.3 Å². The van der Waals surface area contributed by atoms with Crippen LogP contribution in [0, 0.1) is 0 Å². The molecule has 29 heavy (non-hydrogen) atoms. The van der Waals surface area contributed by atoms with E-state index in [1.165, 1.54) is 11.8 Å². The SMILES string of the molecule is CCOc1ccccc1-c1noc(CSc2nnc(-c3ccncc3)n2CC)n1. The molecule has 0 N–H and O–H groups in total. The van der Waals surface area contributed by atoms with Crippen LogP contribution in [0.5, 0.6) is 5.75 Å². The van der Waals surface area contributed by atoms with Crippen LogP contribution in [0.1, 0.15) is 19.7 Å². The monoisotopic (exact) mass is 408 g/mol. The van der Waals surface area contributed by atoms with Crippen molar-refractivity contribution in [3.05, 3.63) is 54.7 Å². The number of thioether (sulfide) groups is 1. The van der Waals surface area contributed by atoms with Crippen LogP contribution < -0.4 is 4.74 Å². The summed E-state index contributed by atoms with van der Waals surface area (Å²) in [5.41, 5.74) is 1.79. The van der Waals surface area contributed by atoms with Crippen molar-refractivity contribution in [3.8, 4) is 28.5 Å². The highest BCUT2D eigenvalue weighted by molar-refractivity contribution is 7.98. The fourth-order valence-electron chi connectivity index (χ4n) is 2.88. The average molecular weight is 408 g/mol. The van der Waals surface area contributed by atoms with Crippen molar-refractivity contribution in [3.63, 3.8) is 0 Å². The normalized spacial score (nSPS) is 11.0. The van der Waals surface area contributed by atoms with Gasteiger partial charge in [0.1, 0.15) is 5.75 Å². The van der Waals surface area contributed by atoms with E-state index in [2.05, 4.69) is 36.8 Å². The van der Waals surface area contributed by atoms with Gasteiger partial charge in [0.2, 0.25) is 11.7 Å². The Morgan fingerprint density at radius 3 is 2.69 bits per heavy atom. The second-order valence-corrected chi connectivity index (χ2v) is 6.96. The van der Waals surface area contributed by atoms with Gasteiger partial charge in [-0.15, -0.1) is 10.2 Å². The van der Waals surface area contributed by atoms with Crippen LogP contribution >= 0.6 is 11.8 Å². The second-order valence-electron chi connectivity index (χ2n) is 6.02. The first-order valence-corrected chi connectivity index (χ1v) is 10.3. The molecule has 0 aliphatic carbocycles. The van der Waals surface area contributed by atoms with Gasteiger partial charge in [-0.2, -0.15) is 4.98 Å². The van der Waals surface area contributed by atoms with Gasteiger partial charge in [0.05, 0.1) is 17.9 Å². The van der Waals surface area contributed by atoms with Crippen molar-refractivity contribution in [1.29, 1.82) is 0 Å². The molecule has 0 fully saturated rings. The Labute approximate surface area is 172 Å². The molecule has 0 bridgehead atoms. The number of aromatic nitrogens is 6. The molecule has 0 aliphatic heterocycles. The van der Waals surface area contributed by atoms with Crippen LogP contribution in [-0.2, 0) is 12.3 Å². The third-order valence-electron chi connectivity index (χ3n) is 4.19. The van der Waals surface area contributed by atoms with Crippen LogP contribution in [0.3, 0.4) is 0 Å². The standard InChI is InChI=1S/C20H20N6O2S/c1-3-26-19(14-9-11-21-12-10-14)23-24-20(26)29-13-17-22-18(25-28-17)15-7-5-6-8-16(15)27-4-2/h5-12H,3-4,13H2,1-2H3. The van der Waals surface area contributed by atoms with Gasteiger partial charge in [-0.25, -0.2) is 0 Å². The van der Waals surface area contributed by atoms with E-state index in [-0.39, 0.29) is 0 Å². The summed E-state index contributed by atoms with van der Waals surface area (Å²) in [7, 11) is 0. The molecular formula is C20H20N6O2S. The maximum Gasteiger partial charge on any atom is 0.237 e. The minimum Gasteiger partial charge on any atom is -0.493 e. The fraction of sp³-hybridized carbons (Fsp3) is 0.250. The summed E-state index contributed by atoms with van der Waals surface area (Å²) >= 11 is 1.51. The summed E-state index contributed by atoms with van der Waals surface area (Å²) in [6.07, 6.45) is 3.49. The zero-order valence-corrected chi connectivity index (χ0v) is 17.0. The van der Waals surface area contributed by atoms with Crippen molar-refractivity contribution in [2.24, 2.45) is 0 Å². The van der Waals surface area contributed by atoms with Gasteiger partial charge in [-0.1, -0.05) is 29.1 Å². The molecule has 0 saturated carbocycles. The molecule has 4 aromatic rings. The fourth-order valence-corrected chi connectivity index (χ4v) is 3.72. The van der Waals surface area contributed by atoms with E-state index in [4.69, 9.17) is 9.26 Å². The van der Waals surface area contributed by atoms with Gasteiger partial charge >= 0.3 is 0 Å². The molecule has 0 atom stereocenters. The largest absolute Gasteiger partial charge is 0.493 e.